The van der Waals surface area contributed by atoms with Crippen LogP contribution in [0.1, 0.15) is 52.7 Å². The van der Waals surface area contributed by atoms with Crippen molar-refractivity contribution < 1.29 is 35.9 Å². The Morgan fingerprint density at radius 1 is 0.829 bits per heavy atom. The van der Waals surface area contributed by atoms with E-state index < -0.39 is 41.8 Å². The molecule has 0 heterocycles. The minimum atomic E-state index is -4.59. The molecule has 0 aliphatic heterocycles. The maximum absolute atomic E-state index is 12.8. The van der Waals surface area contributed by atoms with Crippen LogP contribution < -0.4 is 16.0 Å². The predicted molar refractivity (Wildman–Crippen MR) is 116 cm³/mol. The quantitative estimate of drug-likeness (QED) is 0.483. The summed E-state index contributed by atoms with van der Waals surface area (Å²) in [7, 11) is 0. The monoisotopic (exact) mass is 501 g/mol. The molecule has 3 rings (SSSR count). The first-order valence-electron chi connectivity index (χ1n) is 11.1. The molecule has 2 atom stereocenters. The van der Waals surface area contributed by atoms with Gasteiger partial charge in [-0.3, -0.25) is 9.59 Å². The molecule has 0 aromatic heterocycles. The van der Waals surface area contributed by atoms with E-state index in [1.807, 2.05) is 0 Å². The topological polar surface area (TPSA) is 70.2 Å². The number of carbonyl (C=O) groups is 2. The Balaban J connectivity index is 1.50. The van der Waals surface area contributed by atoms with Crippen molar-refractivity contribution in [2.24, 2.45) is 0 Å². The molecular weight excluding hydrogens is 476 g/mol. The molecule has 5 nitrogen and oxygen atoms in total. The molecule has 0 radical (unpaired) electrons. The van der Waals surface area contributed by atoms with Gasteiger partial charge in [-0.2, -0.15) is 26.3 Å². The van der Waals surface area contributed by atoms with E-state index >= 15 is 0 Å². The van der Waals surface area contributed by atoms with Crippen LogP contribution in [0.2, 0.25) is 0 Å². The van der Waals surface area contributed by atoms with Crippen molar-refractivity contribution in [2.75, 3.05) is 6.54 Å². The molecule has 1 aliphatic carbocycles. The summed E-state index contributed by atoms with van der Waals surface area (Å²) < 4.78 is 76.6. The Hall–Kier alpha value is -3.08. The fraction of sp³-hybridized carbons (Fsp3) is 0.417. The number of nitrogens with one attached hydrogen (secondary N) is 3. The SMILES string of the molecule is O=C(CNC(=O)c1cccc(C(F)(F)F)c1)N[C@@H]1CCCC[C@@H]1NCc1ccc(C(F)(F)F)cc1. The summed E-state index contributed by atoms with van der Waals surface area (Å²) in [5, 5.41) is 8.43. The van der Waals surface area contributed by atoms with E-state index in [1.165, 1.54) is 18.2 Å². The lowest BCUT2D eigenvalue weighted by molar-refractivity contribution is -0.138. The van der Waals surface area contributed by atoms with Crippen molar-refractivity contribution in [3.05, 3.63) is 70.8 Å². The van der Waals surface area contributed by atoms with Gasteiger partial charge in [0.05, 0.1) is 17.7 Å². The number of halogens is 6. The van der Waals surface area contributed by atoms with Gasteiger partial charge >= 0.3 is 12.4 Å². The third-order valence-electron chi connectivity index (χ3n) is 5.82. The Labute approximate surface area is 198 Å². The summed E-state index contributed by atoms with van der Waals surface area (Å²) >= 11 is 0. The zero-order valence-electron chi connectivity index (χ0n) is 18.6. The van der Waals surface area contributed by atoms with E-state index in [9.17, 15) is 35.9 Å². The minimum absolute atomic E-state index is 0.117. The molecule has 3 N–H and O–H groups in total. The van der Waals surface area contributed by atoms with Gasteiger partial charge in [0.1, 0.15) is 0 Å². The second kappa shape index (κ2) is 11.1. The van der Waals surface area contributed by atoms with E-state index in [0.717, 1.165) is 49.6 Å². The Morgan fingerprint density at radius 3 is 2.09 bits per heavy atom. The first-order chi connectivity index (χ1) is 16.4. The predicted octanol–water partition coefficient (Wildman–Crippen LogP) is 4.67. The van der Waals surface area contributed by atoms with Crippen LogP contribution in [-0.2, 0) is 23.7 Å². The molecule has 1 saturated carbocycles. The van der Waals surface area contributed by atoms with Gasteiger partial charge in [-0.05, 0) is 48.7 Å². The number of benzene rings is 2. The number of hydrogen-bond donors (Lipinski definition) is 3. The van der Waals surface area contributed by atoms with E-state index in [-0.39, 0.29) is 17.6 Å². The van der Waals surface area contributed by atoms with Crippen molar-refractivity contribution in [2.45, 2.75) is 56.7 Å². The molecule has 1 aliphatic rings. The second-order valence-corrected chi connectivity index (χ2v) is 8.40. The van der Waals surface area contributed by atoms with Crippen LogP contribution in [0.3, 0.4) is 0 Å². The van der Waals surface area contributed by atoms with Crippen molar-refractivity contribution in [1.82, 2.24) is 16.0 Å². The normalized spacial score (nSPS) is 18.7. The summed E-state index contributed by atoms with van der Waals surface area (Å²) in [5.41, 5.74) is -1.22. The summed E-state index contributed by atoms with van der Waals surface area (Å²) in [6, 6.07) is 8.38. The van der Waals surface area contributed by atoms with Gasteiger partial charge in [-0.15, -0.1) is 0 Å². The van der Waals surface area contributed by atoms with E-state index in [4.69, 9.17) is 0 Å². The fourth-order valence-electron chi connectivity index (χ4n) is 3.97. The highest BCUT2D eigenvalue weighted by Crippen LogP contribution is 2.30. The molecule has 35 heavy (non-hydrogen) atoms. The van der Waals surface area contributed by atoms with Crippen LogP contribution in [-0.4, -0.2) is 30.4 Å². The number of hydrogen-bond acceptors (Lipinski definition) is 3. The van der Waals surface area contributed by atoms with Crippen LogP contribution in [0.4, 0.5) is 26.3 Å². The molecule has 190 valence electrons. The van der Waals surface area contributed by atoms with Crippen molar-refractivity contribution in [1.29, 1.82) is 0 Å². The zero-order valence-corrected chi connectivity index (χ0v) is 18.6. The summed E-state index contributed by atoms with van der Waals surface area (Å²) in [6.45, 7) is -0.0847. The first-order valence-corrected chi connectivity index (χ1v) is 11.1. The molecule has 0 saturated heterocycles. The molecular formula is C24H25F6N3O2. The first kappa shape index (κ1) is 26.5. The molecule has 2 amide bonds. The van der Waals surface area contributed by atoms with E-state index in [2.05, 4.69) is 16.0 Å². The number of amides is 2. The highest BCUT2D eigenvalue weighted by atomic mass is 19.4. The van der Waals surface area contributed by atoms with Crippen LogP contribution >= 0.6 is 0 Å². The van der Waals surface area contributed by atoms with Gasteiger partial charge in [0.25, 0.3) is 5.91 Å². The van der Waals surface area contributed by atoms with E-state index in [1.54, 1.807) is 0 Å². The van der Waals surface area contributed by atoms with Crippen LogP contribution in [0.25, 0.3) is 0 Å². The van der Waals surface area contributed by atoms with Crippen molar-refractivity contribution in [3.8, 4) is 0 Å². The molecule has 11 heteroatoms. The molecule has 2 aromatic carbocycles. The molecule has 1 fully saturated rings. The Bertz CT molecular complexity index is 1020. The molecule has 0 unspecified atom stereocenters. The summed E-state index contributed by atoms with van der Waals surface area (Å²) in [4.78, 5) is 24.6. The minimum Gasteiger partial charge on any atom is -0.350 e. The maximum Gasteiger partial charge on any atom is 0.416 e. The highest BCUT2D eigenvalue weighted by Gasteiger charge is 2.32. The average Bonchev–Trinajstić information content (AvgIpc) is 2.81. The lowest BCUT2D eigenvalue weighted by atomic mass is 9.90. The zero-order chi connectivity index (χ0) is 25.6. The number of alkyl halides is 6. The van der Waals surface area contributed by atoms with Gasteiger partial charge in [0, 0.05) is 24.2 Å². The summed E-state index contributed by atoms with van der Waals surface area (Å²) in [5.74, 6) is -1.29. The van der Waals surface area contributed by atoms with Crippen molar-refractivity contribution in [3.63, 3.8) is 0 Å². The lowest BCUT2D eigenvalue weighted by Gasteiger charge is -2.33. The maximum atomic E-state index is 12.8. The molecule has 2 aromatic rings. The molecule has 0 spiro atoms. The fourth-order valence-corrected chi connectivity index (χ4v) is 3.97. The van der Waals surface area contributed by atoms with Crippen molar-refractivity contribution >= 4 is 11.8 Å². The van der Waals surface area contributed by atoms with Crippen LogP contribution in [0.15, 0.2) is 48.5 Å². The average molecular weight is 501 g/mol. The van der Waals surface area contributed by atoms with Gasteiger partial charge < -0.3 is 16.0 Å². The largest absolute Gasteiger partial charge is 0.416 e. The van der Waals surface area contributed by atoms with Gasteiger partial charge in [0.15, 0.2) is 0 Å². The number of rotatable bonds is 7. The third kappa shape index (κ3) is 7.71. The highest BCUT2D eigenvalue weighted by molar-refractivity contribution is 5.96. The standard InChI is InChI=1S/C24H25F6N3O2/c25-23(26,27)17-10-8-15(9-11-17)13-31-19-6-1-2-7-20(19)33-21(34)14-32-22(35)16-4-3-5-18(12-16)24(28,29)30/h3-5,8-12,19-20,31H,1-2,6-7,13-14H2,(H,32,35)(H,33,34)/t19-,20+/m0/s1. The molecule has 0 bridgehead atoms. The number of carbonyl (C=O) groups excluding carboxylic acids is 2. The van der Waals surface area contributed by atoms with Gasteiger partial charge in [-0.25, -0.2) is 0 Å². The summed E-state index contributed by atoms with van der Waals surface area (Å²) in [6.07, 6.45) is -5.76. The van der Waals surface area contributed by atoms with Crippen LogP contribution in [0.5, 0.6) is 0 Å². The Kier molecular flexibility index (Phi) is 8.42. The Morgan fingerprint density at radius 2 is 1.46 bits per heavy atom. The third-order valence-corrected chi connectivity index (χ3v) is 5.82. The van der Waals surface area contributed by atoms with Gasteiger partial charge in [-0.1, -0.05) is 31.0 Å². The lowest BCUT2D eigenvalue weighted by Crippen LogP contribution is -2.53. The smallest absolute Gasteiger partial charge is 0.350 e. The van der Waals surface area contributed by atoms with Crippen LogP contribution in [0, 0.1) is 0 Å². The van der Waals surface area contributed by atoms with Gasteiger partial charge in [0.2, 0.25) is 5.91 Å². The second-order valence-electron chi connectivity index (χ2n) is 8.40. The van der Waals surface area contributed by atoms with E-state index in [0.29, 0.717) is 18.5 Å².